The Balaban J connectivity index is 2.07. The molecule has 0 saturated heterocycles. The van der Waals surface area contributed by atoms with Crippen LogP contribution in [0, 0.1) is 0 Å². The minimum Gasteiger partial charge on any atom is -0.493 e. The van der Waals surface area contributed by atoms with E-state index in [9.17, 15) is 4.79 Å². The van der Waals surface area contributed by atoms with Crippen molar-refractivity contribution >= 4 is 5.97 Å². The summed E-state index contributed by atoms with van der Waals surface area (Å²) in [6, 6.07) is 17.8. The Kier molecular flexibility index (Phi) is 4.56. The highest BCUT2D eigenvalue weighted by Gasteiger charge is 2.05. The highest BCUT2D eigenvalue weighted by molar-refractivity contribution is 5.70. The highest BCUT2D eigenvalue weighted by atomic mass is 16.5. The average molecular weight is 256 g/mol. The summed E-state index contributed by atoms with van der Waals surface area (Å²) < 4.78 is 5.68. The molecule has 1 N–H and O–H groups in total. The van der Waals surface area contributed by atoms with Gasteiger partial charge in [-0.1, -0.05) is 48.5 Å². The van der Waals surface area contributed by atoms with E-state index in [1.54, 1.807) is 0 Å². The Morgan fingerprint density at radius 2 is 1.68 bits per heavy atom. The summed E-state index contributed by atoms with van der Waals surface area (Å²) >= 11 is 0. The number of carbonyl (C=O) groups is 1. The van der Waals surface area contributed by atoms with Gasteiger partial charge in [-0.3, -0.25) is 4.79 Å². The lowest BCUT2D eigenvalue weighted by atomic mass is 10.1. The van der Waals surface area contributed by atoms with E-state index in [0.29, 0.717) is 13.0 Å². The Morgan fingerprint density at radius 1 is 1.00 bits per heavy atom. The quantitative estimate of drug-likeness (QED) is 0.803. The molecule has 0 aliphatic heterocycles. The lowest BCUT2D eigenvalue weighted by Crippen LogP contribution is -2.02. The Bertz CT molecular complexity index is 535. The van der Waals surface area contributed by atoms with Crippen LogP contribution in [0.1, 0.15) is 12.8 Å². The highest BCUT2D eigenvalue weighted by Crippen LogP contribution is 2.29. The fourth-order valence-corrected chi connectivity index (χ4v) is 1.85. The molecule has 0 unspecified atom stereocenters. The summed E-state index contributed by atoms with van der Waals surface area (Å²) in [5.74, 6) is -0.000895. The van der Waals surface area contributed by atoms with Gasteiger partial charge in [0.1, 0.15) is 5.75 Å². The largest absolute Gasteiger partial charge is 0.493 e. The molecule has 0 heterocycles. The summed E-state index contributed by atoms with van der Waals surface area (Å²) in [4.78, 5) is 10.4. The lowest BCUT2D eigenvalue weighted by Gasteiger charge is -2.11. The van der Waals surface area contributed by atoms with Crippen LogP contribution in [-0.2, 0) is 4.79 Å². The van der Waals surface area contributed by atoms with E-state index in [1.807, 2.05) is 54.6 Å². The number of hydrogen-bond donors (Lipinski definition) is 1. The van der Waals surface area contributed by atoms with Crippen LogP contribution in [0.25, 0.3) is 11.1 Å². The number of carboxylic acid groups (broad SMARTS) is 1. The normalized spacial score (nSPS) is 10.1. The van der Waals surface area contributed by atoms with E-state index >= 15 is 0 Å². The molecule has 0 aromatic heterocycles. The number of hydrogen-bond acceptors (Lipinski definition) is 2. The van der Waals surface area contributed by atoms with Crippen molar-refractivity contribution in [1.82, 2.24) is 0 Å². The van der Waals surface area contributed by atoms with Gasteiger partial charge in [0.2, 0.25) is 0 Å². The molecule has 0 aliphatic carbocycles. The molecule has 2 aromatic rings. The Hall–Kier alpha value is -2.29. The van der Waals surface area contributed by atoms with Gasteiger partial charge in [-0.25, -0.2) is 0 Å². The third kappa shape index (κ3) is 3.85. The molecule has 0 saturated carbocycles. The maximum Gasteiger partial charge on any atom is 0.303 e. The van der Waals surface area contributed by atoms with Crippen molar-refractivity contribution in [2.24, 2.45) is 0 Å². The second-order valence-electron chi connectivity index (χ2n) is 4.21. The van der Waals surface area contributed by atoms with Gasteiger partial charge in [0.05, 0.1) is 6.61 Å². The predicted octanol–water partition coefficient (Wildman–Crippen LogP) is 3.60. The van der Waals surface area contributed by atoms with Crippen LogP contribution in [0.15, 0.2) is 54.6 Å². The molecule has 0 spiro atoms. The molecule has 0 bridgehead atoms. The Labute approximate surface area is 112 Å². The molecule has 2 rings (SSSR count). The van der Waals surface area contributed by atoms with Gasteiger partial charge >= 0.3 is 5.97 Å². The number of para-hydroxylation sites is 1. The molecule has 3 heteroatoms. The maximum atomic E-state index is 10.4. The molecule has 3 nitrogen and oxygen atoms in total. The summed E-state index contributed by atoms with van der Waals surface area (Å²) in [5.41, 5.74) is 2.12. The third-order valence-corrected chi connectivity index (χ3v) is 2.76. The molecule has 19 heavy (non-hydrogen) atoms. The molecule has 0 radical (unpaired) electrons. The first kappa shape index (κ1) is 13.1. The molecule has 98 valence electrons. The van der Waals surface area contributed by atoms with Crippen molar-refractivity contribution in [2.45, 2.75) is 12.8 Å². The second-order valence-corrected chi connectivity index (χ2v) is 4.21. The first-order valence-corrected chi connectivity index (χ1v) is 6.26. The first-order valence-electron chi connectivity index (χ1n) is 6.26. The third-order valence-electron chi connectivity index (χ3n) is 2.76. The fraction of sp³-hybridized carbons (Fsp3) is 0.188. The van der Waals surface area contributed by atoms with E-state index < -0.39 is 5.97 Å². The van der Waals surface area contributed by atoms with E-state index in [0.717, 1.165) is 16.9 Å². The lowest BCUT2D eigenvalue weighted by molar-refractivity contribution is -0.137. The summed E-state index contributed by atoms with van der Waals surface area (Å²) in [5, 5.41) is 8.59. The van der Waals surface area contributed by atoms with Crippen LogP contribution in [0.5, 0.6) is 5.75 Å². The molecule has 0 fully saturated rings. The SMILES string of the molecule is O=C(O)CCCOc1ccccc1-c1ccccc1. The Morgan fingerprint density at radius 3 is 2.42 bits per heavy atom. The van der Waals surface area contributed by atoms with Gasteiger partial charge in [-0.15, -0.1) is 0 Å². The van der Waals surface area contributed by atoms with Crippen molar-refractivity contribution in [3.05, 3.63) is 54.6 Å². The number of aliphatic carboxylic acids is 1. The van der Waals surface area contributed by atoms with Crippen LogP contribution < -0.4 is 4.74 Å². The van der Waals surface area contributed by atoms with Gasteiger partial charge in [-0.05, 0) is 18.1 Å². The zero-order valence-electron chi connectivity index (χ0n) is 10.6. The van der Waals surface area contributed by atoms with Crippen LogP contribution in [-0.4, -0.2) is 17.7 Å². The first-order chi connectivity index (χ1) is 9.27. The van der Waals surface area contributed by atoms with Gasteiger partial charge in [-0.2, -0.15) is 0 Å². The average Bonchev–Trinajstić information content (AvgIpc) is 2.45. The van der Waals surface area contributed by atoms with Crippen molar-refractivity contribution < 1.29 is 14.6 Å². The van der Waals surface area contributed by atoms with Crippen LogP contribution in [0.2, 0.25) is 0 Å². The summed E-state index contributed by atoms with van der Waals surface area (Å²) in [6.45, 7) is 0.413. The minimum absolute atomic E-state index is 0.132. The number of carboxylic acids is 1. The van der Waals surface area contributed by atoms with Gasteiger partial charge < -0.3 is 9.84 Å². The van der Waals surface area contributed by atoms with Gasteiger partial charge in [0.25, 0.3) is 0 Å². The predicted molar refractivity (Wildman–Crippen MR) is 74.2 cm³/mol. The van der Waals surface area contributed by atoms with Crippen LogP contribution in [0.4, 0.5) is 0 Å². The molecule has 0 aliphatic rings. The molecular weight excluding hydrogens is 240 g/mol. The zero-order valence-corrected chi connectivity index (χ0v) is 10.6. The molecule has 2 aromatic carbocycles. The van der Waals surface area contributed by atoms with Gasteiger partial charge in [0.15, 0.2) is 0 Å². The molecule has 0 atom stereocenters. The maximum absolute atomic E-state index is 10.4. The fourth-order valence-electron chi connectivity index (χ4n) is 1.85. The van der Waals surface area contributed by atoms with Crippen LogP contribution >= 0.6 is 0 Å². The second kappa shape index (κ2) is 6.59. The van der Waals surface area contributed by atoms with E-state index in [-0.39, 0.29) is 6.42 Å². The standard InChI is InChI=1S/C16H16O3/c17-16(18)11-6-12-19-15-10-5-4-9-14(15)13-7-2-1-3-8-13/h1-5,7-10H,6,11-12H2,(H,17,18). The summed E-state index contributed by atoms with van der Waals surface area (Å²) in [6.07, 6.45) is 0.645. The van der Waals surface area contributed by atoms with Crippen molar-refractivity contribution in [1.29, 1.82) is 0 Å². The van der Waals surface area contributed by atoms with Gasteiger partial charge in [0, 0.05) is 12.0 Å². The smallest absolute Gasteiger partial charge is 0.303 e. The van der Waals surface area contributed by atoms with Crippen LogP contribution in [0.3, 0.4) is 0 Å². The van der Waals surface area contributed by atoms with Crippen molar-refractivity contribution in [2.75, 3.05) is 6.61 Å². The summed E-state index contributed by atoms with van der Waals surface area (Å²) in [7, 11) is 0. The van der Waals surface area contributed by atoms with E-state index in [2.05, 4.69) is 0 Å². The van der Waals surface area contributed by atoms with Crippen molar-refractivity contribution in [3.63, 3.8) is 0 Å². The topological polar surface area (TPSA) is 46.5 Å². The van der Waals surface area contributed by atoms with E-state index in [4.69, 9.17) is 9.84 Å². The minimum atomic E-state index is -0.792. The zero-order chi connectivity index (χ0) is 13.5. The molecule has 0 amide bonds. The number of ether oxygens (including phenoxy) is 1. The number of rotatable bonds is 6. The molecular formula is C16H16O3. The van der Waals surface area contributed by atoms with Crippen molar-refractivity contribution in [3.8, 4) is 16.9 Å². The van der Waals surface area contributed by atoms with E-state index in [1.165, 1.54) is 0 Å². The monoisotopic (exact) mass is 256 g/mol. The number of benzene rings is 2.